The Morgan fingerprint density at radius 1 is 0.865 bits per heavy atom. The van der Waals surface area contributed by atoms with Gasteiger partial charge in [0.2, 0.25) is 5.88 Å². The molecule has 2 aromatic carbocycles. The van der Waals surface area contributed by atoms with Crippen molar-refractivity contribution in [1.82, 2.24) is 29.5 Å². The Hall–Kier alpha value is -4.69. The molecule has 4 aromatic heterocycles. The van der Waals surface area contributed by atoms with Crippen LogP contribution in [0.2, 0.25) is 0 Å². The summed E-state index contributed by atoms with van der Waals surface area (Å²) in [5.41, 5.74) is 13.6. The molecule has 37 heavy (non-hydrogen) atoms. The molecule has 3 N–H and O–H groups in total. The van der Waals surface area contributed by atoms with E-state index in [9.17, 15) is 5.11 Å². The summed E-state index contributed by atoms with van der Waals surface area (Å²) in [6, 6.07) is 22.9. The number of aromatic nitrogens is 6. The van der Waals surface area contributed by atoms with Crippen LogP contribution in [0.25, 0.3) is 50.5 Å². The van der Waals surface area contributed by atoms with Gasteiger partial charge >= 0.3 is 0 Å². The van der Waals surface area contributed by atoms with Crippen molar-refractivity contribution in [2.24, 2.45) is 5.73 Å². The minimum absolute atomic E-state index is 0.144. The average molecular weight is 486 g/mol. The van der Waals surface area contributed by atoms with E-state index in [1.165, 1.54) is 24.4 Å². The van der Waals surface area contributed by atoms with Crippen molar-refractivity contribution < 1.29 is 5.11 Å². The Balaban J connectivity index is 1.41. The van der Waals surface area contributed by atoms with E-state index in [4.69, 9.17) is 10.7 Å². The molecule has 0 unspecified atom stereocenters. The number of fused-ring (bicyclic) bond motifs is 3. The monoisotopic (exact) mass is 485 g/mol. The van der Waals surface area contributed by atoms with Gasteiger partial charge in [0.05, 0.1) is 23.6 Å². The number of hydrogen-bond donors (Lipinski definition) is 2. The standard InChI is InChI=1S/C29H23N7O/c30-29(12-4-13-29)20-9-7-19(8-10-20)26-21(18-5-2-1-3-6-18)15-22-23(33-26)11-14-36-27(22)34-35-28(36)24-16-32-25(37)17-31-24/h1-3,5-11,14-17H,4,12-13,30H2,(H,32,37). The molecule has 1 saturated carbocycles. The highest BCUT2D eigenvalue weighted by Crippen LogP contribution is 2.40. The molecule has 180 valence electrons. The molecule has 0 bridgehead atoms. The van der Waals surface area contributed by atoms with Crippen LogP contribution in [-0.4, -0.2) is 34.7 Å². The third-order valence-electron chi connectivity index (χ3n) is 7.30. The van der Waals surface area contributed by atoms with Gasteiger partial charge < -0.3 is 10.8 Å². The lowest BCUT2D eigenvalue weighted by Gasteiger charge is -2.38. The maximum absolute atomic E-state index is 9.51. The third kappa shape index (κ3) is 3.53. The molecule has 7 rings (SSSR count). The molecular formula is C29H23N7O. The SMILES string of the molecule is NC1(c2ccc(-c3nc4ccn5c(-c6cnc(O)cn6)nnc5c4cc3-c3ccccc3)cc2)CCC1. The van der Waals surface area contributed by atoms with Crippen LogP contribution in [0.4, 0.5) is 0 Å². The molecule has 0 saturated heterocycles. The second-order valence-electron chi connectivity index (χ2n) is 9.56. The Kier molecular flexibility index (Phi) is 4.77. The number of nitrogens with two attached hydrogens (primary N) is 1. The topological polar surface area (TPSA) is 115 Å². The van der Waals surface area contributed by atoms with E-state index in [1.54, 1.807) is 0 Å². The Labute approximate surface area is 212 Å². The summed E-state index contributed by atoms with van der Waals surface area (Å²) in [5, 5.41) is 19.2. The Morgan fingerprint density at radius 2 is 1.68 bits per heavy atom. The van der Waals surface area contributed by atoms with Crippen LogP contribution in [0.3, 0.4) is 0 Å². The lowest BCUT2D eigenvalue weighted by atomic mass is 9.72. The molecule has 1 aliphatic rings. The van der Waals surface area contributed by atoms with Crippen LogP contribution in [0, 0.1) is 0 Å². The zero-order chi connectivity index (χ0) is 25.0. The first-order valence-corrected chi connectivity index (χ1v) is 12.2. The van der Waals surface area contributed by atoms with Crippen LogP contribution in [-0.2, 0) is 5.54 Å². The van der Waals surface area contributed by atoms with Gasteiger partial charge in [0.1, 0.15) is 5.69 Å². The van der Waals surface area contributed by atoms with E-state index in [1.807, 2.05) is 34.9 Å². The van der Waals surface area contributed by atoms with E-state index >= 15 is 0 Å². The zero-order valence-electron chi connectivity index (χ0n) is 19.9. The van der Waals surface area contributed by atoms with Gasteiger partial charge in [-0.25, -0.2) is 15.0 Å². The van der Waals surface area contributed by atoms with Crippen molar-refractivity contribution >= 4 is 16.6 Å². The fourth-order valence-electron chi connectivity index (χ4n) is 5.07. The maximum Gasteiger partial charge on any atom is 0.229 e. The summed E-state index contributed by atoms with van der Waals surface area (Å²) in [4.78, 5) is 13.3. The Bertz CT molecular complexity index is 1760. The first kappa shape index (κ1) is 21.6. The van der Waals surface area contributed by atoms with E-state index < -0.39 is 0 Å². The van der Waals surface area contributed by atoms with E-state index in [0.717, 1.165) is 46.1 Å². The zero-order valence-corrected chi connectivity index (χ0v) is 19.9. The van der Waals surface area contributed by atoms with Crippen LogP contribution in [0.5, 0.6) is 5.88 Å². The van der Waals surface area contributed by atoms with E-state index in [2.05, 4.69) is 62.6 Å². The molecule has 0 atom stereocenters. The molecule has 4 heterocycles. The second kappa shape index (κ2) is 8.18. The molecule has 0 radical (unpaired) electrons. The fourth-order valence-corrected chi connectivity index (χ4v) is 5.07. The molecule has 0 spiro atoms. The molecular weight excluding hydrogens is 462 g/mol. The van der Waals surface area contributed by atoms with Crippen LogP contribution >= 0.6 is 0 Å². The van der Waals surface area contributed by atoms with Crippen LogP contribution < -0.4 is 5.73 Å². The average Bonchev–Trinajstić information content (AvgIpc) is 3.37. The van der Waals surface area contributed by atoms with Gasteiger partial charge in [-0.15, -0.1) is 10.2 Å². The van der Waals surface area contributed by atoms with Crippen molar-refractivity contribution in [3.8, 4) is 39.8 Å². The molecule has 0 amide bonds. The Morgan fingerprint density at radius 3 is 2.38 bits per heavy atom. The molecule has 0 aliphatic heterocycles. The largest absolute Gasteiger partial charge is 0.492 e. The lowest BCUT2D eigenvalue weighted by Crippen LogP contribution is -2.43. The van der Waals surface area contributed by atoms with Crippen LogP contribution in [0.15, 0.2) is 85.3 Å². The minimum atomic E-state index is -0.198. The summed E-state index contributed by atoms with van der Waals surface area (Å²) in [6.45, 7) is 0. The summed E-state index contributed by atoms with van der Waals surface area (Å²) in [6.07, 6.45) is 7.90. The number of hydrogen-bond acceptors (Lipinski definition) is 7. The number of aromatic hydroxyl groups is 1. The van der Waals surface area contributed by atoms with Gasteiger partial charge in [-0.05, 0) is 42.5 Å². The quantitative estimate of drug-likeness (QED) is 0.356. The molecule has 8 heteroatoms. The minimum Gasteiger partial charge on any atom is -0.492 e. The van der Waals surface area contributed by atoms with E-state index in [-0.39, 0.29) is 11.4 Å². The van der Waals surface area contributed by atoms with Gasteiger partial charge in [0, 0.05) is 28.2 Å². The number of rotatable bonds is 4. The summed E-state index contributed by atoms with van der Waals surface area (Å²) >= 11 is 0. The molecule has 8 nitrogen and oxygen atoms in total. The number of benzene rings is 2. The highest BCUT2D eigenvalue weighted by atomic mass is 16.3. The summed E-state index contributed by atoms with van der Waals surface area (Å²) < 4.78 is 1.87. The normalized spacial score (nSPS) is 14.6. The first-order chi connectivity index (χ1) is 18.1. The van der Waals surface area contributed by atoms with Gasteiger partial charge in [-0.3, -0.25) is 4.40 Å². The predicted molar refractivity (Wildman–Crippen MR) is 142 cm³/mol. The highest BCUT2D eigenvalue weighted by Gasteiger charge is 2.34. The van der Waals surface area contributed by atoms with Crippen molar-refractivity contribution in [2.45, 2.75) is 24.8 Å². The molecule has 6 aromatic rings. The lowest BCUT2D eigenvalue weighted by molar-refractivity contribution is 0.253. The number of nitrogens with zero attached hydrogens (tertiary/aromatic N) is 6. The third-order valence-corrected chi connectivity index (χ3v) is 7.30. The number of pyridine rings is 2. The maximum atomic E-state index is 9.51. The molecule has 1 aliphatic carbocycles. The predicted octanol–water partition coefficient (Wildman–Crippen LogP) is 5.11. The van der Waals surface area contributed by atoms with Crippen LogP contribution in [0.1, 0.15) is 24.8 Å². The summed E-state index contributed by atoms with van der Waals surface area (Å²) in [5.74, 6) is 0.395. The van der Waals surface area contributed by atoms with Crippen molar-refractivity contribution in [1.29, 1.82) is 0 Å². The smallest absolute Gasteiger partial charge is 0.229 e. The first-order valence-electron chi connectivity index (χ1n) is 12.2. The van der Waals surface area contributed by atoms with Gasteiger partial charge in [-0.1, -0.05) is 54.6 Å². The summed E-state index contributed by atoms with van der Waals surface area (Å²) in [7, 11) is 0. The van der Waals surface area contributed by atoms with Gasteiger partial charge in [0.25, 0.3) is 0 Å². The van der Waals surface area contributed by atoms with Crippen molar-refractivity contribution in [2.75, 3.05) is 0 Å². The fraction of sp³-hybridized carbons (Fsp3) is 0.138. The second-order valence-corrected chi connectivity index (χ2v) is 9.56. The van der Waals surface area contributed by atoms with E-state index in [0.29, 0.717) is 17.2 Å². The highest BCUT2D eigenvalue weighted by molar-refractivity contribution is 5.98. The van der Waals surface area contributed by atoms with Crippen molar-refractivity contribution in [3.63, 3.8) is 0 Å². The van der Waals surface area contributed by atoms with Crippen molar-refractivity contribution in [3.05, 3.63) is 90.9 Å². The molecule has 1 fully saturated rings. The van der Waals surface area contributed by atoms with Gasteiger partial charge in [-0.2, -0.15) is 0 Å². The van der Waals surface area contributed by atoms with Gasteiger partial charge in [0.15, 0.2) is 11.5 Å².